The first-order valence-electron chi connectivity index (χ1n) is 4.35. The molecule has 1 aliphatic heterocycles. The van der Waals surface area contributed by atoms with Gasteiger partial charge in [-0.2, -0.15) is 0 Å². The third kappa shape index (κ3) is 1.24. The summed E-state index contributed by atoms with van der Waals surface area (Å²) in [7, 11) is 0. The van der Waals surface area contributed by atoms with E-state index in [2.05, 4.69) is 0 Å². The van der Waals surface area contributed by atoms with Crippen molar-refractivity contribution in [3.8, 4) is 0 Å². The molecule has 2 rings (SSSR count). The SMILES string of the molecule is C[C@@]1(CO)OC(=O)C2=CC(=O)C(=O)C=C21. The summed E-state index contributed by atoms with van der Waals surface area (Å²) in [6.45, 7) is 1.06. The summed E-state index contributed by atoms with van der Waals surface area (Å²) in [5.41, 5.74) is -0.866. The van der Waals surface area contributed by atoms with Gasteiger partial charge in [-0.1, -0.05) is 0 Å². The molecule has 0 unspecified atom stereocenters. The van der Waals surface area contributed by atoms with Crippen molar-refractivity contribution in [3.63, 3.8) is 0 Å². The molecule has 0 radical (unpaired) electrons. The second kappa shape index (κ2) is 2.87. The quantitative estimate of drug-likeness (QED) is 0.350. The molecule has 0 spiro atoms. The number of carbonyl (C=O) groups is 3. The van der Waals surface area contributed by atoms with Gasteiger partial charge < -0.3 is 9.84 Å². The lowest BCUT2D eigenvalue weighted by molar-refractivity contribution is -0.146. The van der Waals surface area contributed by atoms with Crippen LogP contribution in [0.15, 0.2) is 23.3 Å². The van der Waals surface area contributed by atoms with Gasteiger partial charge in [0.15, 0.2) is 5.60 Å². The maximum absolute atomic E-state index is 11.3. The zero-order chi connectivity index (χ0) is 11.2. The summed E-state index contributed by atoms with van der Waals surface area (Å²) in [6, 6.07) is 0. The average molecular weight is 208 g/mol. The number of fused-ring (bicyclic) bond motifs is 1. The lowest BCUT2D eigenvalue weighted by Crippen LogP contribution is -2.32. The van der Waals surface area contributed by atoms with Crippen LogP contribution in [0.5, 0.6) is 0 Å². The molecule has 1 atom stereocenters. The Bertz CT molecular complexity index is 443. The highest BCUT2D eigenvalue weighted by molar-refractivity contribution is 6.48. The molecule has 0 amide bonds. The zero-order valence-electron chi connectivity index (χ0n) is 7.94. The fourth-order valence-electron chi connectivity index (χ4n) is 1.60. The second-order valence-electron chi connectivity index (χ2n) is 3.62. The minimum absolute atomic E-state index is 0.0659. The monoisotopic (exact) mass is 208 g/mol. The van der Waals surface area contributed by atoms with Crippen LogP contribution in [0.3, 0.4) is 0 Å². The Balaban J connectivity index is 2.56. The standard InChI is InChI=1S/C10H8O5/c1-10(4-11)6-3-8(13)7(12)2-5(6)9(14)15-10/h2-3,11H,4H2,1H3/t10-/m0/s1. The number of esters is 1. The number of aliphatic hydroxyl groups is 1. The van der Waals surface area contributed by atoms with E-state index in [4.69, 9.17) is 9.84 Å². The predicted octanol–water partition coefficient (Wildman–Crippen LogP) is -0.701. The highest BCUT2D eigenvalue weighted by Gasteiger charge is 2.46. The molecule has 78 valence electrons. The molecule has 5 heteroatoms. The van der Waals surface area contributed by atoms with Gasteiger partial charge in [0.25, 0.3) is 0 Å². The molecule has 1 N–H and O–H groups in total. The van der Waals surface area contributed by atoms with Crippen LogP contribution in [0.2, 0.25) is 0 Å². The topological polar surface area (TPSA) is 80.7 Å². The van der Waals surface area contributed by atoms with Gasteiger partial charge in [-0.25, -0.2) is 4.79 Å². The third-order valence-corrected chi connectivity index (χ3v) is 2.49. The number of carbonyl (C=O) groups excluding carboxylic acids is 3. The Kier molecular flexibility index (Phi) is 1.87. The largest absolute Gasteiger partial charge is 0.448 e. The average Bonchev–Trinajstić information content (AvgIpc) is 2.42. The lowest BCUT2D eigenvalue weighted by Gasteiger charge is -2.21. The van der Waals surface area contributed by atoms with Crippen molar-refractivity contribution >= 4 is 17.5 Å². The Labute approximate surface area is 85.0 Å². The number of aliphatic hydroxyl groups excluding tert-OH is 1. The van der Waals surface area contributed by atoms with Crippen LogP contribution in [-0.4, -0.2) is 34.9 Å². The van der Waals surface area contributed by atoms with Gasteiger partial charge in [-0.15, -0.1) is 0 Å². The summed E-state index contributed by atoms with van der Waals surface area (Å²) in [6.07, 6.45) is 2.01. The summed E-state index contributed by atoms with van der Waals surface area (Å²) < 4.78 is 4.91. The number of hydrogen-bond donors (Lipinski definition) is 1. The van der Waals surface area contributed by atoms with Crippen molar-refractivity contribution in [1.29, 1.82) is 0 Å². The van der Waals surface area contributed by atoms with Crippen LogP contribution in [0, 0.1) is 0 Å². The number of rotatable bonds is 1. The fourth-order valence-corrected chi connectivity index (χ4v) is 1.60. The van der Waals surface area contributed by atoms with E-state index in [1.165, 1.54) is 6.92 Å². The molecule has 0 aromatic rings. The van der Waals surface area contributed by atoms with Crippen LogP contribution < -0.4 is 0 Å². The van der Waals surface area contributed by atoms with Crippen molar-refractivity contribution in [1.82, 2.24) is 0 Å². The van der Waals surface area contributed by atoms with Crippen molar-refractivity contribution in [2.45, 2.75) is 12.5 Å². The van der Waals surface area contributed by atoms with Crippen LogP contribution in [0.4, 0.5) is 0 Å². The molecule has 1 heterocycles. The van der Waals surface area contributed by atoms with Crippen LogP contribution >= 0.6 is 0 Å². The highest BCUT2D eigenvalue weighted by atomic mass is 16.6. The molecular formula is C10H8O5. The van der Waals surface area contributed by atoms with E-state index >= 15 is 0 Å². The molecule has 0 aromatic carbocycles. The van der Waals surface area contributed by atoms with Gasteiger partial charge in [0.05, 0.1) is 12.2 Å². The van der Waals surface area contributed by atoms with Gasteiger partial charge in [-0.05, 0) is 13.0 Å². The second-order valence-corrected chi connectivity index (χ2v) is 3.62. The first-order chi connectivity index (χ1) is 6.98. The van der Waals surface area contributed by atoms with E-state index in [9.17, 15) is 14.4 Å². The van der Waals surface area contributed by atoms with Crippen LogP contribution in [0.1, 0.15) is 6.92 Å². The van der Waals surface area contributed by atoms with Gasteiger partial charge >= 0.3 is 5.97 Å². The number of hydrogen-bond acceptors (Lipinski definition) is 5. The summed E-state index contributed by atoms with van der Waals surface area (Å²) in [5.74, 6) is -2.13. The molecule has 2 aliphatic rings. The van der Waals surface area contributed by atoms with Crippen molar-refractivity contribution in [2.24, 2.45) is 0 Å². The molecule has 1 saturated heterocycles. The fraction of sp³-hybridized carbons (Fsp3) is 0.300. The number of cyclic esters (lactones) is 1. The summed E-state index contributed by atoms with van der Waals surface area (Å²) in [4.78, 5) is 33.5. The van der Waals surface area contributed by atoms with Crippen molar-refractivity contribution in [3.05, 3.63) is 23.3 Å². The molecule has 0 saturated carbocycles. The number of allylic oxidation sites excluding steroid dienone is 2. The van der Waals surface area contributed by atoms with Gasteiger partial charge in [-0.3, -0.25) is 9.59 Å². The Hall–Kier alpha value is -1.75. The van der Waals surface area contributed by atoms with E-state index in [0.29, 0.717) is 0 Å². The molecule has 0 bridgehead atoms. The van der Waals surface area contributed by atoms with E-state index in [0.717, 1.165) is 12.2 Å². The molecular weight excluding hydrogens is 200 g/mol. The zero-order valence-corrected chi connectivity index (χ0v) is 7.94. The predicted molar refractivity (Wildman–Crippen MR) is 47.8 cm³/mol. The van der Waals surface area contributed by atoms with E-state index in [-0.39, 0.29) is 11.1 Å². The first-order valence-corrected chi connectivity index (χ1v) is 4.35. The molecule has 1 aliphatic carbocycles. The summed E-state index contributed by atoms with van der Waals surface area (Å²) >= 11 is 0. The number of ketones is 2. The minimum Gasteiger partial charge on any atom is -0.448 e. The molecule has 0 aromatic heterocycles. The first kappa shape index (κ1) is 9.79. The van der Waals surface area contributed by atoms with Crippen LogP contribution in [-0.2, 0) is 19.1 Å². The van der Waals surface area contributed by atoms with E-state index in [1.807, 2.05) is 0 Å². The smallest absolute Gasteiger partial charge is 0.339 e. The van der Waals surface area contributed by atoms with Crippen molar-refractivity contribution in [2.75, 3.05) is 6.61 Å². The Morgan fingerprint density at radius 1 is 1.27 bits per heavy atom. The normalized spacial score (nSPS) is 29.6. The molecule has 15 heavy (non-hydrogen) atoms. The maximum Gasteiger partial charge on any atom is 0.339 e. The van der Waals surface area contributed by atoms with Gasteiger partial charge in [0.1, 0.15) is 0 Å². The molecule has 1 fully saturated rings. The maximum atomic E-state index is 11.3. The van der Waals surface area contributed by atoms with Gasteiger partial charge in [0, 0.05) is 11.6 Å². The van der Waals surface area contributed by atoms with Crippen molar-refractivity contribution < 1.29 is 24.2 Å². The summed E-state index contributed by atoms with van der Waals surface area (Å²) in [5, 5.41) is 9.09. The van der Waals surface area contributed by atoms with E-state index in [1.54, 1.807) is 0 Å². The number of ether oxygens (including phenoxy) is 1. The molecule has 5 nitrogen and oxygen atoms in total. The van der Waals surface area contributed by atoms with E-state index < -0.39 is 29.7 Å². The van der Waals surface area contributed by atoms with Crippen LogP contribution in [0.25, 0.3) is 0 Å². The minimum atomic E-state index is -1.21. The Morgan fingerprint density at radius 3 is 2.47 bits per heavy atom. The Morgan fingerprint density at radius 2 is 1.87 bits per heavy atom. The van der Waals surface area contributed by atoms with Gasteiger partial charge in [0.2, 0.25) is 11.6 Å². The lowest BCUT2D eigenvalue weighted by atomic mass is 9.88. The third-order valence-electron chi connectivity index (χ3n) is 2.49. The highest BCUT2D eigenvalue weighted by Crippen LogP contribution is 2.37.